The molecule has 3 heterocycles. The second-order valence-corrected chi connectivity index (χ2v) is 3.77. The zero-order chi connectivity index (χ0) is 10.1. The van der Waals surface area contributed by atoms with E-state index in [1.165, 1.54) is 0 Å². The van der Waals surface area contributed by atoms with E-state index in [0.29, 0.717) is 13.2 Å². The van der Waals surface area contributed by atoms with Crippen LogP contribution in [0.5, 0.6) is 0 Å². The molecule has 3 rings (SSSR count). The fourth-order valence-corrected chi connectivity index (χ4v) is 2.10. The highest BCUT2D eigenvalue weighted by Gasteiger charge is 2.44. The molecule has 0 aromatic rings. The van der Waals surface area contributed by atoms with Crippen LogP contribution in [0.2, 0.25) is 0 Å². The lowest BCUT2D eigenvalue weighted by Gasteiger charge is -2.37. The molecule has 0 unspecified atom stereocenters. The zero-order valence-corrected chi connectivity index (χ0v) is 8.29. The number of hydrogen-bond acceptors (Lipinski definition) is 6. The van der Waals surface area contributed by atoms with Crippen LogP contribution in [0.25, 0.3) is 0 Å². The van der Waals surface area contributed by atoms with E-state index < -0.39 is 0 Å². The fraction of sp³-hybridized carbons (Fsp3) is 1.00. The minimum atomic E-state index is -0.116. The van der Waals surface area contributed by atoms with Gasteiger partial charge in [-0.05, 0) is 0 Å². The Labute approximate surface area is 87.3 Å². The van der Waals surface area contributed by atoms with Crippen molar-refractivity contribution in [3.8, 4) is 0 Å². The largest absolute Gasteiger partial charge is 0.353 e. The molecule has 86 valence electrons. The van der Waals surface area contributed by atoms with E-state index in [2.05, 4.69) is 0 Å². The van der Waals surface area contributed by atoms with Crippen LogP contribution in [0.3, 0.4) is 0 Å². The molecular weight excluding hydrogens is 204 g/mol. The van der Waals surface area contributed by atoms with E-state index in [1.807, 2.05) is 0 Å². The highest BCUT2D eigenvalue weighted by Crippen LogP contribution is 2.26. The molecule has 6 nitrogen and oxygen atoms in total. The summed E-state index contributed by atoms with van der Waals surface area (Å²) < 4.78 is 32.4. The predicted octanol–water partition coefficient (Wildman–Crippen LogP) is -0.526. The quantitative estimate of drug-likeness (QED) is 0.545. The summed E-state index contributed by atoms with van der Waals surface area (Å²) in [4.78, 5) is 0. The average Bonchev–Trinajstić information content (AvgIpc) is 2.48. The van der Waals surface area contributed by atoms with Crippen LogP contribution in [0.1, 0.15) is 0 Å². The van der Waals surface area contributed by atoms with Crippen LogP contribution < -0.4 is 0 Å². The monoisotopic (exact) mass is 218 g/mol. The summed E-state index contributed by atoms with van der Waals surface area (Å²) in [6.07, 6.45) is -0.441. The second-order valence-electron chi connectivity index (χ2n) is 3.77. The molecule has 0 radical (unpaired) electrons. The van der Waals surface area contributed by atoms with Gasteiger partial charge in [-0.3, -0.25) is 0 Å². The summed E-state index contributed by atoms with van der Waals surface area (Å²) in [5.74, 6) is 0. The maximum absolute atomic E-state index is 5.52. The molecule has 3 aliphatic rings. The summed E-state index contributed by atoms with van der Waals surface area (Å²) in [7, 11) is 0. The molecule has 0 aliphatic carbocycles. The van der Waals surface area contributed by atoms with Gasteiger partial charge in [0.05, 0.1) is 13.2 Å². The van der Waals surface area contributed by atoms with Crippen LogP contribution in [0, 0.1) is 0 Å². The van der Waals surface area contributed by atoms with E-state index in [-0.39, 0.29) is 44.8 Å². The van der Waals surface area contributed by atoms with Crippen LogP contribution in [0.15, 0.2) is 0 Å². The first-order chi connectivity index (χ1) is 7.45. The molecule has 0 spiro atoms. The van der Waals surface area contributed by atoms with E-state index in [0.717, 1.165) is 0 Å². The van der Waals surface area contributed by atoms with E-state index in [1.54, 1.807) is 0 Å². The van der Waals surface area contributed by atoms with Gasteiger partial charge in [0, 0.05) is 0 Å². The summed E-state index contributed by atoms with van der Waals surface area (Å²) >= 11 is 0. The smallest absolute Gasteiger partial charge is 0.147 e. The molecule has 0 saturated carbocycles. The van der Waals surface area contributed by atoms with Crippen molar-refractivity contribution in [3.63, 3.8) is 0 Å². The van der Waals surface area contributed by atoms with E-state index >= 15 is 0 Å². The molecular formula is C9H14O6. The van der Waals surface area contributed by atoms with Gasteiger partial charge in [-0.1, -0.05) is 0 Å². The zero-order valence-electron chi connectivity index (χ0n) is 8.29. The Morgan fingerprint density at radius 3 is 1.67 bits per heavy atom. The first-order valence-corrected chi connectivity index (χ1v) is 5.07. The van der Waals surface area contributed by atoms with Crippen molar-refractivity contribution in [2.45, 2.75) is 24.4 Å². The number of hydrogen-bond donors (Lipinski definition) is 0. The van der Waals surface area contributed by atoms with Crippen molar-refractivity contribution in [1.82, 2.24) is 0 Å². The van der Waals surface area contributed by atoms with Crippen molar-refractivity contribution in [3.05, 3.63) is 0 Å². The maximum atomic E-state index is 5.52. The Balaban J connectivity index is 1.77. The third-order valence-corrected chi connectivity index (χ3v) is 2.87. The molecule has 4 atom stereocenters. The highest BCUT2D eigenvalue weighted by atomic mass is 16.8. The highest BCUT2D eigenvalue weighted by molar-refractivity contribution is 4.89. The summed E-state index contributed by atoms with van der Waals surface area (Å²) in [6, 6.07) is 0. The second kappa shape index (κ2) is 4.32. The minimum absolute atomic E-state index is 0.105. The van der Waals surface area contributed by atoms with Gasteiger partial charge in [-0.25, -0.2) is 0 Å². The molecule has 0 aromatic heterocycles. The Kier molecular flexibility index (Phi) is 2.87. The van der Waals surface area contributed by atoms with Crippen LogP contribution in [-0.2, 0) is 28.4 Å². The van der Waals surface area contributed by atoms with Crippen molar-refractivity contribution >= 4 is 0 Å². The third kappa shape index (κ3) is 1.89. The van der Waals surface area contributed by atoms with Gasteiger partial charge >= 0.3 is 0 Å². The minimum Gasteiger partial charge on any atom is -0.353 e. The standard InChI is InChI=1S/C9H14O6/c1-6-8(14-3-10-1)9-7(13-5-12-6)2-11-4-15-9/h6-9H,1-5H2/t6-,7-,8-,9-/m1/s1. The topological polar surface area (TPSA) is 55.4 Å². The van der Waals surface area contributed by atoms with Crippen LogP contribution in [0.4, 0.5) is 0 Å². The maximum Gasteiger partial charge on any atom is 0.147 e. The van der Waals surface area contributed by atoms with Gasteiger partial charge in [-0.2, -0.15) is 0 Å². The Bertz CT molecular complexity index is 201. The molecule has 3 aliphatic heterocycles. The van der Waals surface area contributed by atoms with Gasteiger partial charge in [-0.15, -0.1) is 0 Å². The first kappa shape index (κ1) is 9.95. The normalized spacial score (nSPS) is 46.4. The van der Waals surface area contributed by atoms with Crippen molar-refractivity contribution < 1.29 is 28.4 Å². The van der Waals surface area contributed by atoms with Gasteiger partial charge in [0.1, 0.15) is 44.8 Å². The number of fused-ring (bicyclic) bond motifs is 3. The lowest BCUT2D eigenvalue weighted by atomic mass is 10.0. The van der Waals surface area contributed by atoms with Gasteiger partial charge in [0.25, 0.3) is 0 Å². The molecule has 0 bridgehead atoms. The van der Waals surface area contributed by atoms with Crippen LogP contribution in [-0.4, -0.2) is 58.0 Å². The Morgan fingerprint density at radius 2 is 1.13 bits per heavy atom. The Hall–Kier alpha value is -0.240. The lowest BCUT2D eigenvalue weighted by Crippen LogP contribution is -2.54. The molecule has 0 aromatic carbocycles. The van der Waals surface area contributed by atoms with Crippen LogP contribution >= 0.6 is 0 Å². The summed E-state index contributed by atoms with van der Waals surface area (Å²) in [6.45, 7) is 1.88. The van der Waals surface area contributed by atoms with Gasteiger partial charge in [0.2, 0.25) is 0 Å². The Morgan fingerprint density at radius 1 is 0.600 bits per heavy atom. The van der Waals surface area contributed by atoms with E-state index in [4.69, 9.17) is 28.4 Å². The molecule has 3 fully saturated rings. The van der Waals surface area contributed by atoms with Crippen molar-refractivity contribution in [2.24, 2.45) is 0 Å². The molecule has 3 saturated heterocycles. The molecule has 0 amide bonds. The molecule has 6 heteroatoms. The van der Waals surface area contributed by atoms with E-state index in [9.17, 15) is 0 Å². The van der Waals surface area contributed by atoms with Crippen molar-refractivity contribution in [1.29, 1.82) is 0 Å². The summed E-state index contributed by atoms with van der Waals surface area (Å²) in [5, 5.41) is 0. The van der Waals surface area contributed by atoms with Crippen molar-refractivity contribution in [2.75, 3.05) is 33.6 Å². The number of ether oxygens (including phenoxy) is 6. The molecule has 15 heavy (non-hydrogen) atoms. The lowest BCUT2D eigenvalue weighted by molar-refractivity contribution is -0.260. The average molecular weight is 218 g/mol. The fourth-order valence-electron chi connectivity index (χ4n) is 2.10. The molecule has 0 N–H and O–H groups in total. The number of rotatable bonds is 0. The SMILES string of the molecule is C1OC[C@H]2OCO[C@@H]3COCO[C@H]3[C@@H]2O1. The van der Waals surface area contributed by atoms with Gasteiger partial charge in [0.15, 0.2) is 0 Å². The summed E-state index contributed by atoms with van der Waals surface area (Å²) in [5.41, 5.74) is 0. The first-order valence-electron chi connectivity index (χ1n) is 5.07. The van der Waals surface area contributed by atoms with Gasteiger partial charge < -0.3 is 28.4 Å². The third-order valence-electron chi connectivity index (χ3n) is 2.87. The predicted molar refractivity (Wildman–Crippen MR) is 46.0 cm³/mol.